The highest BCUT2D eigenvalue weighted by molar-refractivity contribution is 5.70. The van der Waals surface area contributed by atoms with Crippen LogP contribution in [0.15, 0.2) is 24.4 Å². The van der Waals surface area contributed by atoms with Gasteiger partial charge in [-0.1, -0.05) is 23.8 Å². The second-order valence-electron chi connectivity index (χ2n) is 4.56. The largest absolute Gasteiger partial charge is 0.481 e. The summed E-state index contributed by atoms with van der Waals surface area (Å²) in [5, 5.41) is 8.78. The fraction of sp³-hybridized carbons (Fsp3) is 0.286. The first-order chi connectivity index (χ1) is 8.47. The molecule has 0 aliphatic rings. The van der Waals surface area contributed by atoms with Crippen LogP contribution in [-0.2, 0) is 18.3 Å². The molecule has 0 amide bonds. The predicted molar refractivity (Wildman–Crippen MR) is 69.5 cm³/mol. The number of hydrogen-bond acceptors (Lipinski definition) is 2. The molecule has 94 valence electrons. The first kappa shape index (κ1) is 12.4. The highest BCUT2D eigenvalue weighted by Gasteiger charge is 2.11. The molecule has 0 saturated heterocycles. The number of aryl methyl sites for hydroxylation is 3. The Kier molecular flexibility index (Phi) is 3.19. The number of aliphatic carboxylic acids is 1. The molecule has 2 aromatic rings. The maximum absolute atomic E-state index is 10.7. The third kappa shape index (κ3) is 2.42. The lowest BCUT2D eigenvalue weighted by atomic mass is 10.1. The molecule has 4 heteroatoms. The van der Waals surface area contributed by atoms with Crippen molar-refractivity contribution in [2.75, 3.05) is 0 Å². The Morgan fingerprint density at radius 1 is 1.39 bits per heavy atom. The van der Waals surface area contributed by atoms with Gasteiger partial charge in [0.15, 0.2) is 0 Å². The van der Waals surface area contributed by atoms with Crippen molar-refractivity contribution in [3.8, 4) is 11.4 Å². The Balaban J connectivity index is 2.44. The van der Waals surface area contributed by atoms with Gasteiger partial charge in [-0.15, -0.1) is 0 Å². The predicted octanol–water partition coefficient (Wildman–Crippen LogP) is 2.33. The molecule has 0 aliphatic carbocycles. The number of carbonyl (C=O) groups is 1. The Labute approximate surface area is 106 Å². The fourth-order valence-electron chi connectivity index (χ4n) is 2.08. The molecule has 0 unspecified atom stereocenters. The molecule has 0 fully saturated rings. The van der Waals surface area contributed by atoms with Gasteiger partial charge in [0, 0.05) is 18.8 Å². The van der Waals surface area contributed by atoms with E-state index in [0.717, 1.165) is 17.0 Å². The number of rotatable bonds is 3. The van der Waals surface area contributed by atoms with Gasteiger partial charge in [-0.2, -0.15) is 0 Å². The van der Waals surface area contributed by atoms with Crippen molar-refractivity contribution in [3.05, 3.63) is 41.2 Å². The van der Waals surface area contributed by atoms with Crippen molar-refractivity contribution in [2.24, 2.45) is 7.05 Å². The molecule has 1 aromatic heterocycles. The number of hydrogen-bond donors (Lipinski definition) is 1. The first-order valence-electron chi connectivity index (χ1n) is 5.79. The number of aromatic nitrogens is 2. The lowest BCUT2D eigenvalue weighted by Crippen LogP contribution is -1.99. The van der Waals surface area contributed by atoms with Gasteiger partial charge >= 0.3 is 5.97 Å². The van der Waals surface area contributed by atoms with Crippen LogP contribution in [0.4, 0.5) is 0 Å². The van der Waals surface area contributed by atoms with E-state index >= 15 is 0 Å². The Morgan fingerprint density at radius 2 is 2.11 bits per heavy atom. The van der Waals surface area contributed by atoms with Gasteiger partial charge in [0.25, 0.3) is 0 Å². The maximum atomic E-state index is 10.7. The van der Waals surface area contributed by atoms with Gasteiger partial charge < -0.3 is 9.67 Å². The van der Waals surface area contributed by atoms with Crippen molar-refractivity contribution >= 4 is 5.97 Å². The SMILES string of the molecule is Cc1ccc(-c2nc(CC(=O)O)cn2C)c(C)c1. The summed E-state index contributed by atoms with van der Waals surface area (Å²) >= 11 is 0. The number of carboxylic acid groups (broad SMARTS) is 1. The van der Waals surface area contributed by atoms with E-state index in [-0.39, 0.29) is 6.42 Å². The van der Waals surface area contributed by atoms with Crippen LogP contribution in [-0.4, -0.2) is 20.6 Å². The van der Waals surface area contributed by atoms with Crippen LogP contribution in [0.3, 0.4) is 0 Å². The molecule has 1 aromatic carbocycles. The van der Waals surface area contributed by atoms with Crippen LogP contribution in [0.2, 0.25) is 0 Å². The van der Waals surface area contributed by atoms with Crippen molar-refractivity contribution in [1.82, 2.24) is 9.55 Å². The number of carboxylic acids is 1. The number of imidazole rings is 1. The molecule has 0 spiro atoms. The Bertz CT molecular complexity index is 600. The monoisotopic (exact) mass is 244 g/mol. The summed E-state index contributed by atoms with van der Waals surface area (Å²) in [6, 6.07) is 6.16. The van der Waals surface area contributed by atoms with Gasteiger partial charge in [0.05, 0.1) is 12.1 Å². The highest BCUT2D eigenvalue weighted by atomic mass is 16.4. The second kappa shape index (κ2) is 4.64. The zero-order valence-corrected chi connectivity index (χ0v) is 10.8. The molecule has 1 N–H and O–H groups in total. The Morgan fingerprint density at radius 3 is 2.72 bits per heavy atom. The van der Waals surface area contributed by atoms with Gasteiger partial charge in [0.1, 0.15) is 5.82 Å². The average Bonchev–Trinajstić information content (AvgIpc) is 2.58. The number of benzene rings is 1. The zero-order chi connectivity index (χ0) is 13.3. The lowest BCUT2D eigenvalue weighted by Gasteiger charge is -2.06. The van der Waals surface area contributed by atoms with Crippen molar-refractivity contribution in [2.45, 2.75) is 20.3 Å². The molecule has 0 saturated carbocycles. The minimum absolute atomic E-state index is 0.0429. The zero-order valence-electron chi connectivity index (χ0n) is 10.8. The van der Waals surface area contributed by atoms with E-state index in [0.29, 0.717) is 5.69 Å². The minimum Gasteiger partial charge on any atom is -0.481 e. The Hall–Kier alpha value is -2.10. The lowest BCUT2D eigenvalue weighted by molar-refractivity contribution is -0.136. The van der Waals surface area contributed by atoms with E-state index in [4.69, 9.17) is 5.11 Å². The molecule has 0 bridgehead atoms. The summed E-state index contributed by atoms with van der Waals surface area (Å²) in [4.78, 5) is 15.1. The van der Waals surface area contributed by atoms with Crippen LogP contribution in [0.5, 0.6) is 0 Å². The quantitative estimate of drug-likeness (QED) is 0.901. The minimum atomic E-state index is -0.861. The van der Waals surface area contributed by atoms with Gasteiger partial charge in [-0.05, 0) is 19.4 Å². The van der Waals surface area contributed by atoms with E-state index in [1.807, 2.05) is 37.6 Å². The molecule has 18 heavy (non-hydrogen) atoms. The first-order valence-corrected chi connectivity index (χ1v) is 5.79. The van der Waals surface area contributed by atoms with Crippen LogP contribution in [0.1, 0.15) is 16.8 Å². The smallest absolute Gasteiger partial charge is 0.309 e. The van der Waals surface area contributed by atoms with E-state index in [9.17, 15) is 4.79 Å². The second-order valence-corrected chi connectivity index (χ2v) is 4.56. The average molecular weight is 244 g/mol. The molecule has 4 nitrogen and oxygen atoms in total. The topological polar surface area (TPSA) is 55.1 Å². The molecular formula is C14H16N2O2. The summed E-state index contributed by atoms with van der Waals surface area (Å²) in [5.41, 5.74) is 3.97. The van der Waals surface area contributed by atoms with E-state index in [1.165, 1.54) is 5.56 Å². The van der Waals surface area contributed by atoms with Gasteiger partial charge in [-0.3, -0.25) is 4.79 Å². The van der Waals surface area contributed by atoms with E-state index < -0.39 is 5.97 Å². The molecule has 0 atom stereocenters. The van der Waals surface area contributed by atoms with Crippen LogP contribution in [0, 0.1) is 13.8 Å². The van der Waals surface area contributed by atoms with Crippen LogP contribution >= 0.6 is 0 Å². The summed E-state index contributed by atoms with van der Waals surface area (Å²) in [6.07, 6.45) is 1.72. The molecule has 1 heterocycles. The molecular weight excluding hydrogens is 228 g/mol. The third-order valence-electron chi connectivity index (χ3n) is 2.88. The fourth-order valence-corrected chi connectivity index (χ4v) is 2.08. The van der Waals surface area contributed by atoms with Crippen molar-refractivity contribution in [3.63, 3.8) is 0 Å². The standard InChI is InChI=1S/C14H16N2O2/c1-9-4-5-12(10(2)6-9)14-15-11(7-13(17)18)8-16(14)3/h4-6,8H,7H2,1-3H3,(H,17,18). The summed E-state index contributed by atoms with van der Waals surface area (Å²) in [7, 11) is 1.88. The van der Waals surface area contributed by atoms with E-state index in [2.05, 4.69) is 11.1 Å². The van der Waals surface area contributed by atoms with Gasteiger partial charge in [0.2, 0.25) is 0 Å². The molecule has 0 aliphatic heterocycles. The van der Waals surface area contributed by atoms with Crippen LogP contribution < -0.4 is 0 Å². The summed E-state index contributed by atoms with van der Waals surface area (Å²) < 4.78 is 1.87. The third-order valence-corrected chi connectivity index (χ3v) is 2.88. The normalized spacial score (nSPS) is 10.6. The maximum Gasteiger partial charge on any atom is 0.309 e. The van der Waals surface area contributed by atoms with Crippen molar-refractivity contribution in [1.29, 1.82) is 0 Å². The summed E-state index contributed by atoms with van der Waals surface area (Å²) in [5.74, 6) is -0.0518. The molecule has 0 radical (unpaired) electrons. The van der Waals surface area contributed by atoms with Crippen molar-refractivity contribution < 1.29 is 9.90 Å². The summed E-state index contributed by atoms with van der Waals surface area (Å²) in [6.45, 7) is 4.08. The van der Waals surface area contributed by atoms with Crippen LogP contribution in [0.25, 0.3) is 11.4 Å². The van der Waals surface area contributed by atoms with E-state index in [1.54, 1.807) is 6.20 Å². The number of nitrogens with zero attached hydrogens (tertiary/aromatic N) is 2. The molecule has 2 rings (SSSR count). The highest BCUT2D eigenvalue weighted by Crippen LogP contribution is 2.23. The van der Waals surface area contributed by atoms with Gasteiger partial charge in [-0.25, -0.2) is 4.98 Å².